The third-order valence-electron chi connectivity index (χ3n) is 5.13. The molecule has 1 aliphatic heterocycles. The van der Waals surface area contributed by atoms with Crippen molar-refractivity contribution >= 4 is 18.0 Å². The quantitative estimate of drug-likeness (QED) is 0.523. The predicted molar refractivity (Wildman–Crippen MR) is 120 cm³/mol. The van der Waals surface area contributed by atoms with Crippen LogP contribution in [0.3, 0.4) is 0 Å². The minimum Gasteiger partial charge on any atom is -0.446 e. The molecule has 0 spiro atoms. The number of carbonyl (C=O) groups is 3. The first-order valence-electron chi connectivity index (χ1n) is 10.8. The zero-order valence-corrected chi connectivity index (χ0v) is 18.9. The number of nitrogens with one attached hydrogen (secondary N) is 1. The number of carbonyl (C=O) groups excluding carboxylic acids is 3. The molecular formula is C25H30N2O5. The van der Waals surface area contributed by atoms with Crippen LogP contribution in [-0.4, -0.2) is 46.6 Å². The molecule has 1 N–H and O–H groups in total. The van der Waals surface area contributed by atoms with Gasteiger partial charge in [0.05, 0.1) is 11.6 Å². The van der Waals surface area contributed by atoms with Gasteiger partial charge in [0.1, 0.15) is 12.6 Å². The third-order valence-corrected chi connectivity index (χ3v) is 5.13. The summed E-state index contributed by atoms with van der Waals surface area (Å²) in [6.45, 7) is 7.58. The molecule has 0 bridgehead atoms. The maximum absolute atomic E-state index is 13.0. The minimum atomic E-state index is -1.14. The molecule has 0 aromatic heterocycles. The normalized spacial score (nSPS) is 18.4. The van der Waals surface area contributed by atoms with Crippen LogP contribution in [0.25, 0.3) is 0 Å². The topological polar surface area (TPSA) is 84.7 Å². The van der Waals surface area contributed by atoms with Crippen LogP contribution in [0.1, 0.15) is 50.0 Å². The molecule has 7 heteroatoms. The van der Waals surface area contributed by atoms with Gasteiger partial charge in [-0.1, -0.05) is 55.5 Å². The summed E-state index contributed by atoms with van der Waals surface area (Å²) in [6.07, 6.45) is -1.07. The second-order valence-corrected chi connectivity index (χ2v) is 8.84. The highest BCUT2D eigenvalue weighted by atomic mass is 16.6. The van der Waals surface area contributed by atoms with Crippen molar-refractivity contribution in [2.24, 2.45) is 0 Å². The summed E-state index contributed by atoms with van der Waals surface area (Å²) in [7, 11) is 0. The van der Waals surface area contributed by atoms with E-state index in [4.69, 9.17) is 9.47 Å². The van der Waals surface area contributed by atoms with Crippen LogP contribution in [0.15, 0.2) is 60.7 Å². The second kappa shape index (κ2) is 9.85. The lowest BCUT2D eigenvalue weighted by molar-refractivity contribution is -0.131. The number of esters is 1. The average Bonchev–Trinajstić information content (AvgIpc) is 3.50. The molecule has 1 heterocycles. The molecule has 170 valence electrons. The SMILES string of the molecule is CC[C@@H]1[C@@H]([C@H](OC(=O)c2ccccc2)C(=O)NC(C)(C)C)N1C(=O)OCc1ccccc1. The first kappa shape index (κ1) is 23.3. The second-order valence-electron chi connectivity index (χ2n) is 8.84. The highest BCUT2D eigenvalue weighted by Crippen LogP contribution is 2.36. The monoisotopic (exact) mass is 438 g/mol. The Bertz CT molecular complexity index is 940. The lowest BCUT2D eigenvalue weighted by Gasteiger charge is -2.25. The van der Waals surface area contributed by atoms with Crippen LogP contribution in [0.5, 0.6) is 0 Å². The molecule has 32 heavy (non-hydrogen) atoms. The number of hydrogen-bond donors (Lipinski definition) is 1. The van der Waals surface area contributed by atoms with Gasteiger partial charge in [-0.2, -0.15) is 0 Å². The Morgan fingerprint density at radius 3 is 2.16 bits per heavy atom. The van der Waals surface area contributed by atoms with E-state index in [9.17, 15) is 14.4 Å². The molecule has 3 rings (SSSR count). The zero-order valence-electron chi connectivity index (χ0n) is 18.9. The molecule has 3 atom stereocenters. The van der Waals surface area contributed by atoms with E-state index in [0.29, 0.717) is 12.0 Å². The standard InChI is InChI=1S/C25H30N2O5/c1-5-19-20(27(19)24(30)31-16-17-12-8-6-9-13-17)21(22(28)26-25(2,3)4)32-23(29)18-14-10-7-11-15-18/h6-15,19-21H,5,16H2,1-4H3,(H,26,28)/t19-,20+,21+,27?/m1/s1. The molecule has 0 saturated carbocycles. The molecule has 0 unspecified atom stereocenters. The first-order valence-corrected chi connectivity index (χ1v) is 10.8. The number of nitrogens with zero attached hydrogens (tertiary/aromatic N) is 1. The van der Waals surface area contributed by atoms with Crippen LogP contribution in [-0.2, 0) is 20.9 Å². The molecule has 1 fully saturated rings. The van der Waals surface area contributed by atoms with E-state index in [2.05, 4.69) is 5.32 Å². The molecule has 0 aliphatic carbocycles. The fourth-order valence-electron chi connectivity index (χ4n) is 3.61. The summed E-state index contributed by atoms with van der Waals surface area (Å²) in [6, 6.07) is 17.0. The lowest BCUT2D eigenvalue weighted by Crippen LogP contribution is -2.50. The third kappa shape index (κ3) is 5.87. The van der Waals surface area contributed by atoms with E-state index in [-0.39, 0.29) is 12.6 Å². The molecule has 1 saturated heterocycles. The Labute approximate surface area is 188 Å². The van der Waals surface area contributed by atoms with Crippen LogP contribution >= 0.6 is 0 Å². The smallest absolute Gasteiger partial charge is 0.410 e. The zero-order chi connectivity index (χ0) is 23.3. The maximum atomic E-state index is 13.0. The van der Waals surface area contributed by atoms with Gasteiger partial charge in [-0.25, -0.2) is 9.59 Å². The van der Waals surface area contributed by atoms with Crippen molar-refractivity contribution in [1.82, 2.24) is 10.2 Å². The van der Waals surface area contributed by atoms with Gasteiger partial charge in [0.15, 0.2) is 0 Å². The molecule has 2 aromatic rings. The number of amides is 2. The van der Waals surface area contributed by atoms with Crippen molar-refractivity contribution in [2.75, 3.05) is 0 Å². The minimum absolute atomic E-state index is 0.127. The number of hydrogen-bond acceptors (Lipinski definition) is 5. The van der Waals surface area contributed by atoms with Gasteiger partial charge in [0, 0.05) is 5.54 Å². The molecule has 1 aliphatic rings. The van der Waals surface area contributed by atoms with Crippen LogP contribution in [0, 0.1) is 0 Å². The van der Waals surface area contributed by atoms with Gasteiger partial charge < -0.3 is 14.8 Å². The largest absolute Gasteiger partial charge is 0.446 e. The molecular weight excluding hydrogens is 408 g/mol. The molecule has 2 aromatic carbocycles. The lowest BCUT2D eigenvalue weighted by atomic mass is 10.1. The van der Waals surface area contributed by atoms with Gasteiger partial charge in [-0.05, 0) is 44.9 Å². The number of benzene rings is 2. The van der Waals surface area contributed by atoms with Crippen molar-refractivity contribution in [3.8, 4) is 0 Å². The average molecular weight is 439 g/mol. The van der Waals surface area contributed by atoms with E-state index < -0.39 is 35.7 Å². The predicted octanol–water partition coefficient (Wildman–Crippen LogP) is 3.93. The molecule has 0 radical (unpaired) electrons. The highest BCUT2D eigenvalue weighted by Gasteiger charge is 2.58. The summed E-state index contributed by atoms with van der Waals surface area (Å²) < 4.78 is 11.1. The Morgan fingerprint density at radius 1 is 1.00 bits per heavy atom. The fourth-order valence-corrected chi connectivity index (χ4v) is 3.61. The first-order chi connectivity index (χ1) is 15.2. The number of rotatable bonds is 7. The van der Waals surface area contributed by atoms with Gasteiger partial charge in [0.2, 0.25) is 6.10 Å². The van der Waals surface area contributed by atoms with Gasteiger partial charge in [-0.3, -0.25) is 9.69 Å². The van der Waals surface area contributed by atoms with E-state index in [0.717, 1.165) is 5.56 Å². The van der Waals surface area contributed by atoms with E-state index in [1.54, 1.807) is 30.3 Å². The van der Waals surface area contributed by atoms with Crippen LogP contribution < -0.4 is 5.32 Å². The van der Waals surface area contributed by atoms with E-state index in [1.807, 2.05) is 58.0 Å². The maximum Gasteiger partial charge on any atom is 0.410 e. The highest BCUT2D eigenvalue weighted by molar-refractivity contribution is 5.93. The van der Waals surface area contributed by atoms with Gasteiger partial charge >= 0.3 is 12.1 Å². The van der Waals surface area contributed by atoms with Gasteiger partial charge in [0.25, 0.3) is 5.91 Å². The summed E-state index contributed by atoms with van der Waals surface area (Å²) in [5, 5.41) is 2.86. The Hall–Kier alpha value is -3.35. The summed E-state index contributed by atoms with van der Waals surface area (Å²) in [5.74, 6) is -1.05. The number of ether oxygens (including phenoxy) is 2. The van der Waals surface area contributed by atoms with Crippen LogP contribution in [0.4, 0.5) is 4.79 Å². The summed E-state index contributed by atoms with van der Waals surface area (Å²) in [5.41, 5.74) is 0.682. The van der Waals surface area contributed by atoms with Crippen LogP contribution in [0.2, 0.25) is 0 Å². The fraction of sp³-hybridized carbons (Fsp3) is 0.400. The van der Waals surface area contributed by atoms with Crippen molar-refractivity contribution < 1.29 is 23.9 Å². The van der Waals surface area contributed by atoms with E-state index in [1.165, 1.54) is 4.90 Å². The van der Waals surface area contributed by atoms with Crippen molar-refractivity contribution in [1.29, 1.82) is 0 Å². The molecule has 2 amide bonds. The van der Waals surface area contributed by atoms with Crippen molar-refractivity contribution in [2.45, 2.75) is 64.4 Å². The Kier molecular flexibility index (Phi) is 7.18. The summed E-state index contributed by atoms with van der Waals surface area (Å²) in [4.78, 5) is 40.0. The summed E-state index contributed by atoms with van der Waals surface area (Å²) >= 11 is 0. The van der Waals surface area contributed by atoms with Gasteiger partial charge in [-0.15, -0.1) is 0 Å². The molecule has 7 nitrogen and oxygen atoms in total. The Morgan fingerprint density at radius 2 is 1.59 bits per heavy atom. The van der Waals surface area contributed by atoms with E-state index >= 15 is 0 Å². The Balaban J connectivity index is 1.75. The van der Waals surface area contributed by atoms with Crippen molar-refractivity contribution in [3.63, 3.8) is 0 Å². The van der Waals surface area contributed by atoms with Crippen molar-refractivity contribution in [3.05, 3.63) is 71.8 Å².